The van der Waals surface area contributed by atoms with E-state index in [2.05, 4.69) is 18.9 Å². The van der Waals surface area contributed by atoms with E-state index in [-0.39, 0.29) is 6.54 Å². The van der Waals surface area contributed by atoms with Crippen LogP contribution in [-0.2, 0) is 6.54 Å². The molecule has 0 saturated carbocycles. The second-order valence-corrected chi connectivity index (χ2v) is 3.61. The zero-order valence-electron chi connectivity index (χ0n) is 8.14. The third kappa shape index (κ3) is 2.82. The van der Waals surface area contributed by atoms with E-state index in [1.54, 1.807) is 6.07 Å². The fraction of sp³-hybridized carbons (Fsp3) is 0.667. The molecule has 0 aliphatic heterocycles. The molecule has 3 N–H and O–H groups in total. The summed E-state index contributed by atoms with van der Waals surface area (Å²) >= 11 is 0. The number of aliphatic hydroxyl groups excluding tert-OH is 1. The predicted molar refractivity (Wildman–Crippen MR) is 51.1 cm³/mol. The van der Waals surface area contributed by atoms with Crippen LogP contribution >= 0.6 is 0 Å². The summed E-state index contributed by atoms with van der Waals surface area (Å²) < 4.78 is 1.83. The topological polar surface area (TPSA) is 64.1 Å². The Balaban J connectivity index is 2.63. The van der Waals surface area contributed by atoms with Gasteiger partial charge in [0, 0.05) is 19.3 Å². The summed E-state index contributed by atoms with van der Waals surface area (Å²) in [5.41, 5.74) is 5.97. The molecule has 0 bridgehead atoms. The number of nitrogens with two attached hydrogens (primary N) is 1. The average Bonchev–Trinajstić information content (AvgIpc) is 2.50. The van der Waals surface area contributed by atoms with Gasteiger partial charge in [0.05, 0.1) is 5.69 Å². The van der Waals surface area contributed by atoms with E-state index in [4.69, 9.17) is 5.73 Å². The fourth-order valence-electron chi connectivity index (χ4n) is 1.15. The van der Waals surface area contributed by atoms with Crippen molar-refractivity contribution in [3.05, 3.63) is 18.0 Å². The van der Waals surface area contributed by atoms with Crippen LogP contribution in [0.1, 0.15) is 25.6 Å². The van der Waals surface area contributed by atoms with Crippen molar-refractivity contribution < 1.29 is 5.11 Å². The Kier molecular flexibility index (Phi) is 3.45. The lowest BCUT2D eigenvalue weighted by Gasteiger charge is -2.05. The van der Waals surface area contributed by atoms with E-state index in [1.165, 1.54) is 0 Å². The summed E-state index contributed by atoms with van der Waals surface area (Å²) in [6, 6.07) is 1.81. The van der Waals surface area contributed by atoms with Gasteiger partial charge in [-0.1, -0.05) is 13.8 Å². The van der Waals surface area contributed by atoms with Gasteiger partial charge in [0.25, 0.3) is 0 Å². The molecular weight excluding hydrogens is 166 g/mol. The van der Waals surface area contributed by atoms with Crippen LogP contribution in [0, 0.1) is 5.92 Å². The number of rotatable bonds is 4. The Morgan fingerprint density at radius 3 is 2.85 bits per heavy atom. The maximum atomic E-state index is 9.38. The SMILES string of the molecule is CC(C)Cn1ccc([C@@H](O)CN)n1. The van der Waals surface area contributed by atoms with Crippen molar-refractivity contribution in [2.75, 3.05) is 6.54 Å². The maximum absolute atomic E-state index is 9.38. The van der Waals surface area contributed by atoms with E-state index in [0.29, 0.717) is 11.6 Å². The number of nitrogens with zero attached hydrogens (tertiary/aromatic N) is 2. The van der Waals surface area contributed by atoms with Crippen molar-refractivity contribution in [3.8, 4) is 0 Å². The molecule has 0 aliphatic rings. The van der Waals surface area contributed by atoms with Gasteiger partial charge in [-0.15, -0.1) is 0 Å². The van der Waals surface area contributed by atoms with Gasteiger partial charge in [-0.05, 0) is 12.0 Å². The first-order valence-electron chi connectivity index (χ1n) is 4.55. The minimum Gasteiger partial charge on any atom is -0.385 e. The van der Waals surface area contributed by atoms with E-state index in [1.807, 2.05) is 10.9 Å². The minimum absolute atomic E-state index is 0.221. The summed E-state index contributed by atoms with van der Waals surface area (Å²) in [5, 5.41) is 13.6. The summed E-state index contributed by atoms with van der Waals surface area (Å²) in [7, 11) is 0. The van der Waals surface area contributed by atoms with Crippen LogP contribution in [0.3, 0.4) is 0 Å². The smallest absolute Gasteiger partial charge is 0.110 e. The van der Waals surface area contributed by atoms with E-state index >= 15 is 0 Å². The van der Waals surface area contributed by atoms with Crippen LogP contribution in [0.15, 0.2) is 12.3 Å². The van der Waals surface area contributed by atoms with Crippen LogP contribution in [0.2, 0.25) is 0 Å². The molecule has 0 spiro atoms. The average molecular weight is 183 g/mol. The number of hydrogen-bond donors (Lipinski definition) is 2. The van der Waals surface area contributed by atoms with Crippen LogP contribution < -0.4 is 5.73 Å². The first kappa shape index (κ1) is 10.2. The molecule has 0 saturated heterocycles. The van der Waals surface area contributed by atoms with E-state index in [9.17, 15) is 5.11 Å². The minimum atomic E-state index is -0.631. The molecule has 13 heavy (non-hydrogen) atoms. The molecule has 0 amide bonds. The first-order chi connectivity index (χ1) is 6.13. The summed E-state index contributed by atoms with van der Waals surface area (Å²) in [5.74, 6) is 0.558. The van der Waals surface area contributed by atoms with Crippen molar-refractivity contribution in [1.29, 1.82) is 0 Å². The Bertz CT molecular complexity index is 257. The molecule has 74 valence electrons. The molecule has 1 rings (SSSR count). The summed E-state index contributed by atoms with van der Waals surface area (Å²) in [6.07, 6.45) is 1.24. The van der Waals surface area contributed by atoms with E-state index in [0.717, 1.165) is 6.54 Å². The zero-order chi connectivity index (χ0) is 9.84. The van der Waals surface area contributed by atoms with Gasteiger partial charge in [-0.25, -0.2) is 0 Å². The number of aromatic nitrogens is 2. The van der Waals surface area contributed by atoms with Gasteiger partial charge in [-0.3, -0.25) is 4.68 Å². The molecular formula is C9H17N3O. The lowest BCUT2D eigenvalue weighted by molar-refractivity contribution is 0.180. The Morgan fingerprint density at radius 2 is 2.31 bits per heavy atom. The highest BCUT2D eigenvalue weighted by molar-refractivity contribution is 5.03. The van der Waals surface area contributed by atoms with Gasteiger partial charge in [0.15, 0.2) is 0 Å². The first-order valence-corrected chi connectivity index (χ1v) is 4.55. The molecule has 1 aromatic rings. The molecule has 4 nitrogen and oxygen atoms in total. The van der Waals surface area contributed by atoms with E-state index < -0.39 is 6.10 Å². The lowest BCUT2D eigenvalue weighted by atomic mass is 10.2. The molecule has 0 radical (unpaired) electrons. The number of hydrogen-bond acceptors (Lipinski definition) is 3. The summed E-state index contributed by atoms with van der Waals surface area (Å²) in [4.78, 5) is 0. The number of aliphatic hydroxyl groups is 1. The molecule has 0 aliphatic carbocycles. The van der Waals surface area contributed by atoms with Gasteiger partial charge >= 0.3 is 0 Å². The predicted octanol–water partition coefficient (Wildman–Crippen LogP) is 0.531. The lowest BCUT2D eigenvalue weighted by Crippen LogP contribution is -2.13. The van der Waals surface area contributed by atoms with Crippen LogP contribution in [-0.4, -0.2) is 21.4 Å². The molecule has 1 heterocycles. The largest absolute Gasteiger partial charge is 0.385 e. The van der Waals surface area contributed by atoms with Crippen LogP contribution in [0.5, 0.6) is 0 Å². The summed E-state index contributed by atoms with van der Waals surface area (Å²) in [6.45, 7) is 5.34. The highest BCUT2D eigenvalue weighted by atomic mass is 16.3. The van der Waals surface area contributed by atoms with Crippen LogP contribution in [0.25, 0.3) is 0 Å². The monoisotopic (exact) mass is 183 g/mol. The molecule has 1 atom stereocenters. The highest BCUT2D eigenvalue weighted by Gasteiger charge is 2.08. The maximum Gasteiger partial charge on any atom is 0.110 e. The zero-order valence-corrected chi connectivity index (χ0v) is 8.14. The Labute approximate surface area is 78.4 Å². The van der Waals surface area contributed by atoms with Gasteiger partial charge in [0.1, 0.15) is 6.10 Å². The van der Waals surface area contributed by atoms with Crippen molar-refractivity contribution in [3.63, 3.8) is 0 Å². The molecule has 0 unspecified atom stereocenters. The van der Waals surface area contributed by atoms with Crippen molar-refractivity contribution in [2.24, 2.45) is 11.7 Å². The quantitative estimate of drug-likeness (QED) is 0.715. The molecule has 1 aromatic heterocycles. The highest BCUT2D eigenvalue weighted by Crippen LogP contribution is 2.08. The standard InChI is InChI=1S/C9H17N3O/c1-7(2)6-12-4-3-8(11-12)9(13)5-10/h3-4,7,9,13H,5-6,10H2,1-2H3/t9-/m0/s1. The third-order valence-corrected chi connectivity index (χ3v) is 1.78. The van der Waals surface area contributed by atoms with Gasteiger partial charge < -0.3 is 10.8 Å². The molecule has 4 heteroatoms. The van der Waals surface area contributed by atoms with Gasteiger partial charge in [-0.2, -0.15) is 5.10 Å². The Hall–Kier alpha value is -0.870. The third-order valence-electron chi connectivity index (χ3n) is 1.78. The van der Waals surface area contributed by atoms with Crippen LogP contribution in [0.4, 0.5) is 0 Å². The Morgan fingerprint density at radius 1 is 1.62 bits per heavy atom. The fourth-order valence-corrected chi connectivity index (χ4v) is 1.15. The molecule has 0 fully saturated rings. The normalized spacial score (nSPS) is 13.6. The second kappa shape index (κ2) is 4.39. The van der Waals surface area contributed by atoms with Gasteiger partial charge in [0.2, 0.25) is 0 Å². The van der Waals surface area contributed by atoms with Crippen molar-refractivity contribution in [2.45, 2.75) is 26.5 Å². The van der Waals surface area contributed by atoms with Crippen molar-refractivity contribution in [1.82, 2.24) is 9.78 Å². The second-order valence-electron chi connectivity index (χ2n) is 3.61. The van der Waals surface area contributed by atoms with Crippen molar-refractivity contribution >= 4 is 0 Å². The molecule has 0 aromatic carbocycles.